The van der Waals surface area contributed by atoms with Crippen LogP contribution in [0.15, 0.2) is 36.8 Å². The number of hydrogen-bond donors (Lipinski definition) is 0. The molecule has 0 aliphatic rings. The Kier molecular flexibility index (Phi) is 2.23. The van der Waals surface area contributed by atoms with Gasteiger partial charge in [0.2, 0.25) is 0 Å². The van der Waals surface area contributed by atoms with Crippen molar-refractivity contribution in [3.05, 3.63) is 48.2 Å². The van der Waals surface area contributed by atoms with Gasteiger partial charge in [0.25, 0.3) is 0 Å². The molecule has 0 amide bonds. The normalized spacial score (nSPS) is 10.1. The zero-order valence-electron chi connectivity index (χ0n) is 7.74. The molecule has 0 aliphatic carbocycles. The Morgan fingerprint density at radius 1 is 1.21 bits per heavy atom. The van der Waals surface area contributed by atoms with Crippen LogP contribution in [0.3, 0.4) is 0 Å². The minimum atomic E-state index is -0.207. The molecule has 0 fully saturated rings. The third-order valence-electron chi connectivity index (χ3n) is 2.05. The molecule has 0 N–H and O–H groups in total. The molecule has 0 spiro atoms. The van der Waals surface area contributed by atoms with E-state index in [0.29, 0.717) is 5.56 Å². The van der Waals surface area contributed by atoms with Crippen LogP contribution in [0.4, 0.5) is 4.39 Å². The summed E-state index contributed by atoms with van der Waals surface area (Å²) in [6, 6.07) is 6.83. The summed E-state index contributed by atoms with van der Waals surface area (Å²) < 4.78 is 13.2. The van der Waals surface area contributed by atoms with E-state index >= 15 is 0 Å². The Labute approximate surface area is 81.5 Å². The summed E-state index contributed by atoms with van der Waals surface area (Å²) in [6.07, 6.45) is 3.09. The second kappa shape index (κ2) is 3.54. The van der Waals surface area contributed by atoms with Crippen molar-refractivity contribution in [1.82, 2.24) is 9.97 Å². The number of benzene rings is 1. The molecule has 1 heterocycles. The molecule has 0 aliphatic heterocycles. The molecule has 2 rings (SSSR count). The fourth-order valence-corrected chi connectivity index (χ4v) is 1.21. The van der Waals surface area contributed by atoms with Gasteiger partial charge in [0.05, 0.1) is 5.69 Å². The van der Waals surface area contributed by atoms with Crippen molar-refractivity contribution in [1.29, 1.82) is 0 Å². The van der Waals surface area contributed by atoms with Gasteiger partial charge in [-0.3, -0.25) is 0 Å². The van der Waals surface area contributed by atoms with Crippen LogP contribution in [0.1, 0.15) is 5.56 Å². The summed E-state index contributed by atoms with van der Waals surface area (Å²) in [6.45, 7) is 1.74. The van der Waals surface area contributed by atoms with Crippen LogP contribution >= 0.6 is 0 Å². The van der Waals surface area contributed by atoms with E-state index in [1.165, 1.54) is 12.4 Å². The van der Waals surface area contributed by atoms with Crippen LogP contribution in [-0.2, 0) is 0 Å². The van der Waals surface area contributed by atoms with Crippen molar-refractivity contribution >= 4 is 0 Å². The first-order valence-electron chi connectivity index (χ1n) is 4.30. The average molecular weight is 188 g/mol. The van der Waals surface area contributed by atoms with E-state index in [1.54, 1.807) is 25.3 Å². The molecule has 0 radical (unpaired) electrons. The number of rotatable bonds is 1. The van der Waals surface area contributed by atoms with Crippen LogP contribution < -0.4 is 0 Å². The summed E-state index contributed by atoms with van der Waals surface area (Å²) in [4.78, 5) is 7.85. The van der Waals surface area contributed by atoms with Gasteiger partial charge in [-0.2, -0.15) is 0 Å². The quantitative estimate of drug-likeness (QED) is 0.687. The molecule has 3 heteroatoms. The van der Waals surface area contributed by atoms with Crippen molar-refractivity contribution in [2.45, 2.75) is 6.92 Å². The average Bonchev–Trinajstić information content (AvgIpc) is 2.23. The SMILES string of the molecule is Cc1ccc(-c2ccncn2)cc1F. The van der Waals surface area contributed by atoms with Gasteiger partial charge in [-0.05, 0) is 24.6 Å². The lowest BCUT2D eigenvalue weighted by Gasteiger charge is -2.01. The molecule has 1 aromatic heterocycles. The number of aromatic nitrogens is 2. The third kappa shape index (κ3) is 1.62. The third-order valence-corrected chi connectivity index (χ3v) is 2.05. The van der Waals surface area contributed by atoms with E-state index in [0.717, 1.165) is 11.3 Å². The molecule has 0 unspecified atom stereocenters. The summed E-state index contributed by atoms with van der Waals surface area (Å²) in [5.41, 5.74) is 2.15. The lowest BCUT2D eigenvalue weighted by Crippen LogP contribution is -1.87. The number of hydrogen-bond acceptors (Lipinski definition) is 2. The number of nitrogens with zero attached hydrogens (tertiary/aromatic N) is 2. The lowest BCUT2D eigenvalue weighted by atomic mass is 10.1. The van der Waals surface area contributed by atoms with Crippen LogP contribution in [0, 0.1) is 12.7 Å². The highest BCUT2D eigenvalue weighted by atomic mass is 19.1. The van der Waals surface area contributed by atoms with Crippen molar-refractivity contribution < 1.29 is 4.39 Å². The molecular weight excluding hydrogens is 179 g/mol. The highest BCUT2D eigenvalue weighted by Crippen LogP contribution is 2.18. The first-order chi connectivity index (χ1) is 6.77. The van der Waals surface area contributed by atoms with E-state index in [4.69, 9.17) is 0 Å². The van der Waals surface area contributed by atoms with Gasteiger partial charge >= 0.3 is 0 Å². The standard InChI is InChI=1S/C11H9FN2/c1-8-2-3-9(6-10(8)12)11-4-5-13-7-14-11/h2-7H,1H3. The Hall–Kier alpha value is -1.77. The van der Waals surface area contributed by atoms with Gasteiger partial charge in [-0.15, -0.1) is 0 Å². The van der Waals surface area contributed by atoms with Crippen molar-refractivity contribution in [3.63, 3.8) is 0 Å². The van der Waals surface area contributed by atoms with Crippen molar-refractivity contribution in [2.75, 3.05) is 0 Å². The first kappa shape index (κ1) is 8.81. The number of halogens is 1. The number of aryl methyl sites for hydroxylation is 1. The molecule has 70 valence electrons. The molecule has 0 saturated carbocycles. The predicted molar refractivity (Wildman–Crippen MR) is 52.2 cm³/mol. The minimum absolute atomic E-state index is 0.207. The maximum atomic E-state index is 13.2. The van der Waals surface area contributed by atoms with Crippen LogP contribution in [0.2, 0.25) is 0 Å². The van der Waals surface area contributed by atoms with Crippen molar-refractivity contribution in [2.24, 2.45) is 0 Å². The van der Waals surface area contributed by atoms with E-state index in [2.05, 4.69) is 9.97 Å². The largest absolute Gasteiger partial charge is 0.245 e. The summed E-state index contributed by atoms with van der Waals surface area (Å²) >= 11 is 0. The predicted octanol–water partition coefficient (Wildman–Crippen LogP) is 2.59. The molecule has 0 saturated heterocycles. The maximum absolute atomic E-state index is 13.2. The second-order valence-corrected chi connectivity index (χ2v) is 3.06. The molecule has 14 heavy (non-hydrogen) atoms. The zero-order valence-corrected chi connectivity index (χ0v) is 7.74. The van der Waals surface area contributed by atoms with Gasteiger partial charge in [-0.1, -0.05) is 12.1 Å². The Balaban J connectivity index is 2.48. The van der Waals surface area contributed by atoms with Gasteiger partial charge in [-0.25, -0.2) is 14.4 Å². The van der Waals surface area contributed by atoms with E-state index in [1.807, 2.05) is 6.07 Å². The van der Waals surface area contributed by atoms with Gasteiger partial charge in [0, 0.05) is 11.8 Å². The van der Waals surface area contributed by atoms with E-state index < -0.39 is 0 Å². The van der Waals surface area contributed by atoms with Gasteiger partial charge < -0.3 is 0 Å². The topological polar surface area (TPSA) is 25.8 Å². The zero-order chi connectivity index (χ0) is 9.97. The summed E-state index contributed by atoms with van der Waals surface area (Å²) in [7, 11) is 0. The highest BCUT2D eigenvalue weighted by Gasteiger charge is 2.01. The van der Waals surface area contributed by atoms with E-state index in [-0.39, 0.29) is 5.82 Å². The van der Waals surface area contributed by atoms with E-state index in [9.17, 15) is 4.39 Å². The minimum Gasteiger partial charge on any atom is -0.245 e. The lowest BCUT2D eigenvalue weighted by molar-refractivity contribution is 0.619. The monoisotopic (exact) mass is 188 g/mol. The molecule has 1 aromatic carbocycles. The summed E-state index contributed by atoms with van der Waals surface area (Å²) in [5.74, 6) is -0.207. The highest BCUT2D eigenvalue weighted by molar-refractivity contribution is 5.58. The molecule has 2 nitrogen and oxygen atoms in total. The fraction of sp³-hybridized carbons (Fsp3) is 0.0909. The second-order valence-electron chi connectivity index (χ2n) is 3.06. The van der Waals surface area contributed by atoms with Crippen LogP contribution in [-0.4, -0.2) is 9.97 Å². The maximum Gasteiger partial charge on any atom is 0.126 e. The van der Waals surface area contributed by atoms with Gasteiger partial charge in [0.1, 0.15) is 12.1 Å². The molecule has 0 atom stereocenters. The first-order valence-corrected chi connectivity index (χ1v) is 4.30. The smallest absolute Gasteiger partial charge is 0.126 e. The van der Waals surface area contributed by atoms with Crippen LogP contribution in [0.5, 0.6) is 0 Å². The molecule has 2 aromatic rings. The summed E-state index contributed by atoms with van der Waals surface area (Å²) in [5, 5.41) is 0. The van der Waals surface area contributed by atoms with Crippen LogP contribution in [0.25, 0.3) is 11.3 Å². The Morgan fingerprint density at radius 2 is 2.07 bits per heavy atom. The Morgan fingerprint density at radius 3 is 2.71 bits per heavy atom. The Bertz CT molecular complexity index is 440. The molecular formula is C11H9FN2. The fourth-order valence-electron chi connectivity index (χ4n) is 1.21. The van der Waals surface area contributed by atoms with Gasteiger partial charge in [0.15, 0.2) is 0 Å². The molecule has 0 bridgehead atoms. The van der Waals surface area contributed by atoms with Crippen molar-refractivity contribution in [3.8, 4) is 11.3 Å².